The molecule has 22 heavy (non-hydrogen) atoms. The molecule has 5 heteroatoms. The van der Waals surface area contributed by atoms with Crippen molar-refractivity contribution >= 4 is 11.9 Å². The van der Waals surface area contributed by atoms with Gasteiger partial charge in [0.15, 0.2) is 6.10 Å². The maximum Gasteiger partial charge on any atom is 0.337 e. The number of benzene rings is 2. The van der Waals surface area contributed by atoms with Gasteiger partial charge in [0.05, 0.1) is 13.2 Å². The second kappa shape index (κ2) is 7.38. The van der Waals surface area contributed by atoms with Crippen LogP contribution in [-0.2, 0) is 9.53 Å². The van der Waals surface area contributed by atoms with E-state index < -0.39 is 18.1 Å². The molecule has 0 bridgehead atoms. The number of aliphatic hydroxyl groups excluding tert-OH is 1. The maximum absolute atomic E-state index is 12.3. The third-order valence-corrected chi connectivity index (χ3v) is 3.24. The van der Waals surface area contributed by atoms with Crippen molar-refractivity contribution in [2.24, 2.45) is 0 Å². The lowest BCUT2D eigenvalue weighted by Crippen LogP contribution is -2.40. The summed E-state index contributed by atoms with van der Waals surface area (Å²) in [6.45, 7) is 0. The summed E-state index contributed by atoms with van der Waals surface area (Å²) in [4.78, 5) is 23.9. The molecule has 2 N–H and O–H groups in total. The molecule has 0 fully saturated rings. The molecular formula is C17H17NO4. The Morgan fingerprint density at radius 2 is 1.55 bits per heavy atom. The van der Waals surface area contributed by atoms with Gasteiger partial charge in [-0.2, -0.15) is 0 Å². The van der Waals surface area contributed by atoms with Crippen LogP contribution in [0, 0.1) is 0 Å². The van der Waals surface area contributed by atoms with Gasteiger partial charge in [0.2, 0.25) is 0 Å². The number of ether oxygens (including phenoxy) is 1. The monoisotopic (exact) mass is 299 g/mol. The van der Waals surface area contributed by atoms with Gasteiger partial charge in [0, 0.05) is 5.56 Å². The van der Waals surface area contributed by atoms with E-state index in [0.717, 1.165) is 0 Å². The number of carbonyl (C=O) groups excluding carboxylic acids is 2. The highest BCUT2D eigenvalue weighted by Crippen LogP contribution is 2.18. The molecule has 0 radical (unpaired) electrons. The van der Waals surface area contributed by atoms with Crippen molar-refractivity contribution in [3.8, 4) is 0 Å². The minimum absolute atomic E-state index is 0.377. The summed E-state index contributed by atoms with van der Waals surface area (Å²) in [6.07, 6.45) is -1.49. The first kappa shape index (κ1) is 15.7. The predicted molar refractivity (Wildman–Crippen MR) is 81.1 cm³/mol. The molecule has 5 nitrogen and oxygen atoms in total. The first-order chi connectivity index (χ1) is 10.6. The highest BCUT2D eigenvalue weighted by molar-refractivity contribution is 5.94. The molecule has 0 heterocycles. The van der Waals surface area contributed by atoms with Gasteiger partial charge in [0.1, 0.15) is 0 Å². The van der Waals surface area contributed by atoms with Gasteiger partial charge in [-0.05, 0) is 17.7 Å². The fourth-order valence-corrected chi connectivity index (χ4v) is 2.08. The lowest BCUT2D eigenvalue weighted by molar-refractivity contribution is -0.151. The first-order valence-corrected chi connectivity index (χ1v) is 6.80. The smallest absolute Gasteiger partial charge is 0.337 e. The summed E-state index contributed by atoms with van der Waals surface area (Å²) < 4.78 is 4.56. The third kappa shape index (κ3) is 3.71. The molecule has 0 aliphatic heterocycles. The number of esters is 1. The molecule has 1 amide bonds. The van der Waals surface area contributed by atoms with Gasteiger partial charge in [-0.3, -0.25) is 4.79 Å². The Labute approximate surface area is 128 Å². The molecule has 0 aliphatic rings. The van der Waals surface area contributed by atoms with Gasteiger partial charge in [-0.1, -0.05) is 48.5 Å². The van der Waals surface area contributed by atoms with Crippen molar-refractivity contribution in [3.05, 3.63) is 71.8 Å². The van der Waals surface area contributed by atoms with E-state index in [1.165, 1.54) is 7.11 Å². The fourth-order valence-electron chi connectivity index (χ4n) is 2.08. The van der Waals surface area contributed by atoms with Crippen molar-refractivity contribution < 1.29 is 19.4 Å². The van der Waals surface area contributed by atoms with Crippen LogP contribution in [0.5, 0.6) is 0 Å². The number of aliphatic hydroxyl groups is 1. The van der Waals surface area contributed by atoms with E-state index in [1.54, 1.807) is 54.6 Å². The third-order valence-electron chi connectivity index (χ3n) is 3.24. The molecule has 2 rings (SSSR count). The largest absolute Gasteiger partial charge is 0.467 e. The van der Waals surface area contributed by atoms with Crippen LogP contribution in [0.1, 0.15) is 22.0 Å². The van der Waals surface area contributed by atoms with Crippen LogP contribution in [0.3, 0.4) is 0 Å². The topological polar surface area (TPSA) is 75.6 Å². The number of amides is 1. The Kier molecular flexibility index (Phi) is 5.27. The van der Waals surface area contributed by atoms with Crippen LogP contribution in [0.2, 0.25) is 0 Å². The molecule has 2 aromatic carbocycles. The highest BCUT2D eigenvalue weighted by Gasteiger charge is 2.30. The first-order valence-electron chi connectivity index (χ1n) is 6.80. The van der Waals surface area contributed by atoms with E-state index in [4.69, 9.17) is 0 Å². The molecule has 0 aliphatic carbocycles. The van der Waals surface area contributed by atoms with E-state index in [0.29, 0.717) is 11.1 Å². The Bertz CT molecular complexity index is 628. The Hall–Kier alpha value is -2.66. The summed E-state index contributed by atoms with van der Waals surface area (Å²) in [5.41, 5.74) is 1.06. The predicted octanol–water partition coefficient (Wildman–Crippen LogP) is 1.69. The number of methoxy groups -OCH3 is 1. The molecule has 2 aromatic rings. The summed E-state index contributed by atoms with van der Waals surface area (Å²) in [6, 6.07) is 16.5. The lowest BCUT2D eigenvalue weighted by atomic mass is 10.0. The van der Waals surface area contributed by atoms with Crippen molar-refractivity contribution in [2.75, 3.05) is 7.11 Å². The number of rotatable bonds is 5. The molecule has 0 saturated carbocycles. The minimum atomic E-state index is -1.49. The standard InChI is InChI=1S/C17H17NO4/c1-22-17(21)15(19)14(12-8-4-2-5-9-12)18-16(20)13-10-6-3-7-11-13/h2-11,14-15,19H,1H3,(H,18,20). The van der Waals surface area contributed by atoms with Gasteiger partial charge >= 0.3 is 5.97 Å². The lowest BCUT2D eigenvalue weighted by Gasteiger charge is -2.23. The molecule has 114 valence electrons. The Morgan fingerprint density at radius 1 is 1.00 bits per heavy atom. The van der Waals surface area contributed by atoms with Gasteiger partial charge < -0.3 is 15.2 Å². The summed E-state index contributed by atoms with van der Waals surface area (Å²) >= 11 is 0. The van der Waals surface area contributed by atoms with Crippen molar-refractivity contribution in [1.29, 1.82) is 0 Å². The van der Waals surface area contributed by atoms with Gasteiger partial charge in [-0.15, -0.1) is 0 Å². The number of nitrogens with one attached hydrogen (secondary N) is 1. The Balaban J connectivity index is 2.25. The van der Waals surface area contributed by atoms with Gasteiger partial charge in [-0.25, -0.2) is 4.79 Å². The van der Waals surface area contributed by atoms with Crippen LogP contribution < -0.4 is 5.32 Å². The second-order valence-corrected chi connectivity index (χ2v) is 4.70. The van der Waals surface area contributed by atoms with Crippen molar-refractivity contribution in [1.82, 2.24) is 5.32 Å². The summed E-state index contributed by atoms with van der Waals surface area (Å²) in [7, 11) is 1.19. The van der Waals surface area contributed by atoms with Crippen LogP contribution in [0.25, 0.3) is 0 Å². The SMILES string of the molecule is COC(=O)C(O)C(NC(=O)c1ccccc1)c1ccccc1. The number of hydrogen-bond acceptors (Lipinski definition) is 4. The second-order valence-electron chi connectivity index (χ2n) is 4.70. The molecule has 0 saturated heterocycles. The zero-order valence-corrected chi connectivity index (χ0v) is 12.1. The molecule has 0 aromatic heterocycles. The van der Waals surface area contributed by atoms with E-state index >= 15 is 0 Å². The molecule has 0 spiro atoms. The average molecular weight is 299 g/mol. The highest BCUT2D eigenvalue weighted by atomic mass is 16.5. The van der Waals surface area contributed by atoms with Crippen molar-refractivity contribution in [3.63, 3.8) is 0 Å². The zero-order chi connectivity index (χ0) is 15.9. The van der Waals surface area contributed by atoms with Crippen LogP contribution >= 0.6 is 0 Å². The molecule has 2 unspecified atom stereocenters. The average Bonchev–Trinajstić information content (AvgIpc) is 2.59. The van der Waals surface area contributed by atoms with E-state index in [1.807, 2.05) is 6.07 Å². The normalized spacial score (nSPS) is 13.0. The number of carbonyl (C=O) groups is 2. The quantitative estimate of drug-likeness (QED) is 0.824. The maximum atomic E-state index is 12.3. The van der Waals surface area contributed by atoms with Gasteiger partial charge in [0.25, 0.3) is 5.91 Å². The van der Waals surface area contributed by atoms with E-state index in [9.17, 15) is 14.7 Å². The molecule has 2 atom stereocenters. The zero-order valence-electron chi connectivity index (χ0n) is 12.1. The van der Waals surface area contributed by atoms with Crippen molar-refractivity contribution in [2.45, 2.75) is 12.1 Å². The minimum Gasteiger partial charge on any atom is -0.467 e. The van der Waals surface area contributed by atoms with Crippen LogP contribution in [-0.4, -0.2) is 30.2 Å². The van der Waals surface area contributed by atoms with E-state index in [-0.39, 0.29) is 5.91 Å². The fraction of sp³-hybridized carbons (Fsp3) is 0.176. The Morgan fingerprint density at radius 3 is 2.09 bits per heavy atom. The van der Waals surface area contributed by atoms with E-state index in [2.05, 4.69) is 10.1 Å². The van der Waals surface area contributed by atoms with Crippen LogP contribution in [0.15, 0.2) is 60.7 Å². The molecular weight excluding hydrogens is 282 g/mol. The number of hydrogen-bond donors (Lipinski definition) is 2. The summed E-state index contributed by atoms with van der Waals surface area (Å²) in [5.74, 6) is -1.18. The summed E-state index contributed by atoms with van der Waals surface area (Å²) in [5, 5.41) is 12.8. The van der Waals surface area contributed by atoms with Crippen LogP contribution in [0.4, 0.5) is 0 Å².